The molecule has 1 aliphatic heterocycles. The lowest BCUT2D eigenvalue weighted by Gasteiger charge is -2.40. The summed E-state index contributed by atoms with van der Waals surface area (Å²) in [5, 5.41) is 18.9. The van der Waals surface area contributed by atoms with Crippen molar-refractivity contribution in [3.05, 3.63) is 41.5 Å². The first-order valence-corrected chi connectivity index (χ1v) is 10.8. The monoisotopic (exact) mass is 446 g/mol. The molecular weight excluding hydrogens is 419 g/mol. The highest BCUT2D eigenvalue weighted by Crippen LogP contribution is 2.43. The molecule has 172 valence electrons. The predicted molar refractivity (Wildman–Crippen MR) is 112 cm³/mol. The first-order valence-electron chi connectivity index (χ1n) is 10.8. The molecule has 2 heterocycles. The van der Waals surface area contributed by atoms with Gasteiger partial charge < -0.3 is 24.3 Å². The van der Waals surface area contributed by atoms with Gasteiger partial charge >= 0.3 is 11.9 Å². The van der Waals surface area contributed by atoms with E-state index in [9.17, 15) is 19.1 Å². The number of carboxylic acids is 2. The van der Waals surface area contributed by atoms with Gasteiger partial charge in [0.2, 0.25) is 0 Å². The lowest BCUT2D eigenvalue weighted by atomic mass is 10.0. The summed E-state index contributed by atoms with van der Waals surface area (Å²) in [5.74, 6) is -2.69. The number of rotatable bonds is 8. The number of benzene rings is 1. The Morgan fingerprint density at radius 3 is 2.41 bits per heavy atom. The van der Waals surface area contributed by atoms with Crippen LogP contribution in [-0.4, -0.2) is 49.7 Å². The molecule has 2 atom stereocenters. The number of halogens is 1. The van der Waals surface area contributed by atoms with Crippen molar-refractivity contribution in [3.63, 3.8) is 0 Å². The van der Waals surface area contributed by atoms with Crippen LogP contribution in [0.3, 0.4) is 0 Å². The van der Waals surface area contributed by atoms with Crippen molar-refractivity contribution in [1.82, 2.24) is 9.55 Å². The molecule has 9 heteroatoms. The highest BCUT2D eigenvalue weighted by atomic mass is 19.1. The highest BCUT2D eigenvalue weighted by Gasteiger charge is 2.38. The number of imidazole rings is 1. The zero-order valence-corrected chi connectivity index (χ0v) is 18.1. The van der Waals surface area contributed by atoms with Gasteiger partial charge in [-0.3, -0.25) is 4.79 Å². The third kappa shape index (κ3) is 4.99. The van der Waals surface area contributed by atoms with Crippen LogP contribution in [0.4, 0.5) is 4.39 Å². The molecule has 1 saturated heterocycles. The van der Waals surface area contributed by atoms with E-state index in [4.69, 9.17) is 14.6 Å². The number of carbonyl (C=O) groups is 2. The van der Waals surface area contributed by atoms with Crippen LogP contribution in [-0.2, 0) is 20.8 Å². The standard InChI is InChI=1S/C23H27FN2O6/c1-23(2)31-16(11-17(32-23)12-18(27)28)9-10-26-20(13-3-4-13)19(22(29)30)25-21(26)14-5-7-15(24)8-6-14/h5-8,13,16-17H,3-4,9-12H2,1-2H3,(H,27,28)(H,29,30). The minimum absolute atomic E-state index is 0.0313. The molecule has 0 radical (unpaired) electrons. The van der Waals surface area contributed by atoms with E-state index < -0.39 is 23.8 Å². The SMILES string of the molecule is CC1(C)OC(CCn2c(-c3ccc(F)cc3)nc(C(=O)O)c2C2CC2)CC(CC(=O)O)O1. The van der Waals surface area contributed by atoms with Crippen molar-refractivity contribution in [1.29, 1.82) is 0 Å². The molecule has 2 N–H and O–H groups in total. The van der Waals surface area contributed by atoms with E-state index in [1.165, 1.54) is 12.1 Å². The zero-order valence-electron chi connectivity index (χ0n) is 18.1. The quantitative estimate of drug-likeness (QED) is 0.630. The van der Waals surface area contributed by atoms with E-state index in [1.54, 1.807) is 26.0 Å². The average Bonchev–Trinajstić information content (AvgIpc) is 3.45. The van der Waals surface area contributed by atoms with Crippen molar-refractivity contribution in [3.8, 4) is 11.4 Å². The van der Waals surface area contributed by atoms with Crippen molar-refractivity contribution < 1.29 is 33.7 Å². The summed E-state index contributed by atoms with van der Waals surface area (Å²) < 4.78 is 27.1. The van der Waals surface area contributed by atoms with E-state index in [-0.39, 0.29) is 30.0 Å². The molecule has 1 aromatic heterocycles. The minimum Gasteiger partial charge on any atom is -0.481 e. The number of nitrogens with zero attached hydrogens (tertiary/aromatic N) is 2. The van der Waals surface area contributed by atoms with Crippen LogP contribution in [0.1, 0.15) is 68.1 Å². The molecule has 4 rings (SSSR count). The Balaban J connectivity index is 1.63. The minimum atomic E-state index is -1.08. The third-order valence-corrected chi connectivity index (χ3v) is 5.78. The van der Waals surface area contributed by atoms with E-state index in [0.717, 1.165) is 12.8 Å². The Kier molecular flexibility index (Phi) is 6.05. The molecule has 1 saturated carbocycles. The molecule has 8 nitrogen and oxygen atoms in total. The lowest BCUT2D eigenvalue weighted by molar-refractivity contribution is -0.300. The van der Waals surface area contributed by atoms with Gasteiger partial charge in [0.15, 0.2) is 11.5 Å². The number of hydrogen-bond donors (Lipinski definition) is 2. The van der Waals surface area contributed by atoms with Crippen molar-refractivity contribution in [2.75, 3.05) is 0 Å². The lowest BCUT2D eigenvalue weighted by Crippen LogP contribution is -2.45. The topological polar surface area (TPSA) is 111 Å². The Morgan fingerprint density at radius 1 is 1.16 bits per heavy atom. The van der Waals surface area contributed by atoms with Gasteiger partial charge in [-0.25, -0.2) is 14.2 Å². The molecule has 0 amide bonds. The molecule has 2 fully saturated rings. The summed E-state index contributed by atoms with van der Waals surface area (Å²) in [6.45, 7) is 3.96. The molecule has 32 heavy (non-hydrogen) atoms. The van der Waals surface area contributed by atoms with Gasteiger partial charge in [-0.1, -0.05) is 0 Å². The van der Waals surface area contributed by atoms with Crippen LogP contribution < -0.4 is 0 Å². The molecule has 1 aliphatic carbocycles. The molecule has 0 spiro atoms. The zero-order chi connectivity index (χ0) is 23.0. The first kappa shape index (κ1) is 22.4. The van der Waals surface area contributed by atoms with E-state index in [2.05, 4.69) is 4.98 Å². The predicted octanol–water partition coefficient (Wildman–Crippen LogP) is 4.04. The highest BCUT2D eigenvalue weighted by molar-refractivity contribution is 5.88. The molecule has 2 aliphatic rings. The molecule has 1 aromatic carbocycles. The van der Waals surface area contributed by atoms with Crippen LogP contribution in [0.2, 0.25) is 0 Å². The van der Waals surface area contributed by atoms with Gasteiger partial charge in [0.25, 0.3) is 0 Å². The molecule has 2 aromatic rings. The van der Waals surface area contributed by atoms with Crippen LogP contribution in [0.5, 0.6) is 0 Å². The summed E-state index contributed by atoms with van der Waals surface area (Å²) in [4.78, 5) is 27.5. The largest absolute Gasteiger partial charge is 0.481 e. The second kappa shape index (κ2) is 8.63. The summed E-state index contributed by atoms with van der Waals surface area (Å²) >= 11 is 0. The normalized spacial score (nSPS) is 22.6. The Bertz CT molecular complexity index is 1010. The maximum absolute atomic E-state index is 13.5. The number of carboxylic acid groups (broad SMARTS) is 2. The Morgan fingerprint density at radius 2 is 1.81 bits per heavy atom. The van der Waals surface area contributed by atoms with Crippen LogP contribution >= 0.6 is 0 Å². The van der Waals surface area contributed by atoms with Gasteiger partial charge in [0.05, 0.1) is 24.3 Å². The summed E-state index contributed by atoms with van der Waals surface area (Å²) in [5.41, 5.74) is 1.35. The van der Waals surface area contributed by atoms with Gasteiger partial charge in [0.1, 0.15) is 11.6 Å². The Hall–Kier alpha value is -2.78. The number of aliphatic carboxylic acids is 1. The van der Waals surface area contributed by atoms with Crippen molar-refractivity contribution in [2.24, 2.45) is 0 Å². The van der Waals surface area contributed by atoms with Crippen LogP contribution in [0, 0.1) is 5.82 Å². The molecule has 2 unspecified atom stereocenters. The van der Waals surface area contributed by atoms with Crippen molar-refractivity contribution in [2.45, 2.75) is 76.4 Å². The van der Waals surface area contributed by atoms with Gasteiger partial charge in [-0.05, 0) is 57.4 Å². The fraction of sp³-hybridized carbons (Fsp3) is 0.522. The maximum Gasteiger partial charge on any atom is 0.356 e. The van der Waals surface area contributed by atoms with E-state index in [1.807, 2.05) is 4.57 Å². The first-order chi connectivity index (χ1) is 15.1. The second-order valence-corrected chi connectivity index (χ2v) is 8.91. The number of hydrogen-bond acceptors (Lipinski definition) is 5. The summed E-state index contributed by atoms with van der Waals surface area (Å²) in [6, 6.07) is 5.83. The van der Waals surface area contributed by atoms with Crippen molar-refractivity contribution >= 4 is 11.9 Å². The van der Waals surface area contributed by atoms with Crippen LogP contribution in [0.15, 0.2) is 24.3 Å². The average molecular weight is 446 g/mol. The van der Waals surface area contributed by atoms with Crippen LogP contribution in [0.25, 0.3) is 11.4 Å². The van der Waals surface area contributed by atoms with Gasteiger partial charge in [-0.2, -0.15) is 0 Å². The fourth-order valence-corrected chi connectivity index (χ4v) is 4.43. The summed E-state index contributed by atoms with van der Waals surface area (Å²) in [7, 11) is 0. The maximum atomic E-state index is 13.5. The van der Waals surface area contributed by atoms with Gasteiger partial charge in [-0.15, -0.1) is 0 Å². The van der Waals surface area contributed by atoms with Gasteiger partial charge in [0, 0.05) is 24.4 Å². The molecule has 0 bridgehead atoms. The molecular formula is C23H27FN2O6. The number of aromatic carboxylic acids is 1. The van der Waals surface area contributed by atoms with E-state index >= 15 is 0 Å². The summed E-state index contributed by atoms with van der Waals surface area (Å²) in [6.07, 6.45) is 1.94. The van der Waals surface area contributed by atoms with E-state index in [0.29, 0.717) is 36.5 Å². The fourth-order valence-electron chi connectivity index (χ4n) is 4.43. The second-order valence-electron chi connectivity index (χ2n) is 8.91. The number of aromatic nitrogens is 2. The smallest absolute Gasteiger partial charge is 0.356 e. The third-order valence-electron chi connectivity index (χ3n) is 5.78. The Labute approximate surface area is 185 Å². The number of ether oxygens (including phenoxy) is 2.